The zero-order valence-corrected chi connectivity index (χ0v) is 11.6. The maximum absolute atomic E-state index is 12.9. The van der Waals surface area contributed by atoms with Crippen molar-refractivity contribution in [2.75, 3.05) is 0 Å². The second kappa shape index (κ2) is 4.21. The minimum absolute atomic E-state index is 0.247. The largest absolute Gasteiger partial charge is 0.267 e. The molecular weight excluding hydrogens is 374 g/mol. The first kappa shape index (κ1) is 11.1. The van der Waals surface area contributed by atoms with E-state index in [2.05, 4.69) is 43.6 Å². The zero-order chi connectivity index (χ0) is 11.0. The van der Waals surface area contributed by atoms with Crippen molar-refractivity contribution in [3.8, 4) is 11.3 Å². The van der Waals surface area contributed by atoms with E-state index in [0.29, 0.717) is 0 Å². The van der Waals surface area contributed by atoms with Crippen LogP contribution in [0, 0.1) is 9.39 Å². The Bertz CT molecular complexity index is 491. The van der Waals surface area contributed by atoms with Crippen LogP contribution in [0.1, 0.15) is 0 Å². The minimum atomic E-state index is -0.247. The monoisotopic (exact) mass is 380 g/mol. The summed E-state index contributed by atoms with van der Waals surface area (Å²) in [6.45, 7) is 0. The van der Waals surface area contributed by atoms with Gasteiger partial charge in [0.1, 0.15) is 5.82 Å². The van der Waals surface area contributed by atoms with Crippen LogP contribution in [0.2, 0.25) is 0 Å². The van der Waals surface area contributed by atoms with Crippen molar-refractivity contribution in [3.05, 3.63) is 38.3 Å². The highest BCUT2D eigenvalue weighted by molar-refractivity contribution is 14.1. The van der Waals surface area contributed by atoms with Crippen molar-refractivity contribution in [2.45, 2.75) is 0 Å². The smallest absolute Gasteiger partial charge is 0.124 e. The molecule has 0 atom stereocenters. The number of hydrogen-bond donors (Lipinski definition) is 0. The Morgan fingerprint density at radius 3 is 2.73 bits per heavy atom. The Morgan fingerprint density at radius 1 is 1.47 bits per heavy atom. The number of aryl methyl sites for hydroxylation is 1. The maximum atomic E-state index is 12.9. The van der Waals surface area contributed by atoms with Gasteiger partial charge in [-0.15, -0.1) is 0 Å². The van der Waals surface area contributed by atoms with Crippen molar-refractivity contribution in [1.29, 1.82) is 0 Å². The molecular formula is C10H7BrFIN2. The average molecular weight is 381 g/mol. The molecule has 0 N–H and O–H groups in total. The van der Waals surface area contributed by atoms with Gasteiger partial charge in [0.25, 0.3) is 0 Å². The number of rotatable bonds is 1. The lowest BCUT2D eigenvalue weighted by atomic mass is 10.1. The number of benzene rings is 1. The third-order valence-electron chi connectivity index (χ3n) is 2.08. The van der Waals surface area contributed by atoms with Crippen LogP contribution in [0.15, 0.2) is 28.9 Å². The van der Waals surface area contributed by atoms with Crippen LogP contribution in [-0.2, 0) is 7.05 Å². The molecule has 2 rings (SSSR count). The van der Waals surface area contributed by atoms with Crippen LogP contribution in [-0.4, -0.2) is 9.78 Å². The van der Waals surface area contributed by atoms with Crippen molar-refractivity contribution in [1.82, 2.24) is 9.78 Å². The molecule has 0 aliphatic heterocycles. The Balaban J connectivity index is 2.64. The van der Waals surface area contributed by atoms with E-state index in [1.54, 1.807) is 16.9 Å². The summed E-state index contributed by atoms with van der Waals surface area (Å²) < 4.78 is 16.5. The molecule has 5 heteroatoms. The first-order valence-electron chi connectivity index (χ1n) is 4.22. The van der Waals surface area contributed by atoms with Crippen molar-refractivity contribution >= 4 is 38.5 Å². The maximum Gasteiger partial charge on any atom is 0.124 e. The Hall–Kier alpha value is -0.430. The minimum Gasteiger partial charge on any atom is -0.267 e. The van der Waals surface area contributed by atoms with E-state index in [1.165, 1.54) is 12.1 Å². The molecule has 0 fully saturated rings. The molecule has 0 unspecified atom stereocenters. The number of hydrogen-bond acceptors (Lipinski definition) is 1. The van der Waals surface area contributed by atoms with E-state index >= 15 is 0 Å². The standard InChI is InChI=1S/C10H7BrFIN2/c1-15-10(9(13)5-14-15)7-3-2-6(12)4-8(7)11/h2-5H,1H3. The van der Waals surface area contributed by atoms with Crippen molar-refractivity contribution in [3.63, 3.8) is 0 Å². The van der Waals surface area contributed by atoms with E-state index in [4.69, 9.17) is 0 Å². The molecule has 1 heterocycles. The quantitative estimate of drug-likeness (QED) is 0.691. The van der Waals surface area contributed by atoms with Crippen molar-refractivity contribution in [2.24, 2.45) is 7.05 Å². The van der Waals surface area contributed by atoms with Gasteiger partial charge in [-0.3, -0.25) is 4.68 Å². The van der Waals surface area contributed by atoms with E-state index in [0.717, 1.165) is 19.3 Å². The van der Waals surface area contributed by atoms with E-state index in [9.17, 15) is 4.39 Å². The Morgan fingerprint density at radius 2 is 2.20 bits per heavy atom. The Labute approximate surface area is 109 Å². The molecule has 0 spiro atoms. The van der Waals surface area contributed by atoms with Crippen LogP contribution in [0.3, 0.4) is 0 Å². The van der Waals surface area contributed by atoms with Gasteiger partial charge in [0, 0.05) is 17.1 Å². The molecule has 78 valence electrons. The summed E-state index contributed by atoms with van der Waals surface area (Å²) in [6, 6.07) is 4.65. The van der Waals surface area contributed by atoms with Gasteiger partial charge in [-0.2, -0.15) is 5.10 Å². The van der Waals surface area contributed by atoms with Gasteiger partial charge in [-0.1, -0.05) is 0 Å². The fraction of sp³-hybridized carbons (Fsp3) is 0.100. The molecule has 2 nitrogen and oxygen atoms in total. The molecule has 0 saturated heterocycles. The van der Waals surface area contributed by atoms with Gasteiger partial charge < -0.3 is 0 Å². The number of halogens is 3. The molecule has 0 aliphatic carbocycles. The molecule has 0 radical (unpaired) electrons. The predicted molar refractivity (Wildman–Crippen MR) is 69.0 cm³/mol. The van der Waals surface area contributed by atoms with Gasteiger partial charge in [0.2, 0.25) is 0 Å². The average Bonchev–Trinajstić information content (AvgIpc) is 2.48. The fourth-order valence-electron chi connectivity index (χ4n) is 1.40. The molecule has 0 bridgehead atoms. The van der Waals surface area contributed by atoms with E-state index < -0.39 is 0 Å². The third-order valence-corrected chi connectivity index (χ3v) is 3.53. The van der Waals surface area contributed by atoms with Crippen LogP contribution in [0.4, 0.5) is 4.39 Å². The SMILES string of the molecule is Cn1ncc(I)c1-c1ccc(F)cc1Br. The van der Waals surface area contributed by atoms with Crippen LogP contribution in [0.25, 0.3) is 11.3 Å². The summed E-state index contributed by atoms with van der Waals surface area (Å²) in [5.41, 5.74) is 1.93. The number of aromatic nitrogens is 2. The summed E-state index contributed by atoms with van der Waals surface area (Å²) in [4.78, 5) is 0. The predicted octanol–water partition coefficient (Wildman–Crippen LogP) is 3.59. The summed E-state index contributed by atoms with van der Waals surface area (Å²) in [6.07, 6.45) is 1.78. The summed E-state index contributed by atoms with van der Waals surface area (Å²) in [5, 5.41) is 4.15. The van der Waals surface area contributed by atoms with Crippen molar-refractivity contribution < 1.29 is 4.39 Å². The molecule has 1 aromatic carbocycles. The van der Waals surface area contributed by atoms with E-state index in [1.807, 2.05) is 7.05 Å². The first-order valence-corrected chi connectivity index (χ1v) is 6.09. The van der Waals surface area contributed by atoms with Crippen LogP contribution >= 0.6 is 38.5 Å². The lowest BCUT2D eigenvalue weighted by Crippen LogP contribution is -1.95. The summed E-state index contributed by atoms with van der Waals surface area (Å²) >= 11 is 5.56. The molecule has 1 aromatic heterocycles. The third kappa shape index (κ3) is 2.08. The van der Waals surface area contributed by atoms with Gasteiger partial charge in [-0.05, 0) is 56.7 Å². The van der Waals surface area contributed by atoms with Crippen LogP contribution < -0.4 is 0 Å². The van der Waals surface area contributed by atoms with Gasteiger partial charge in [-0.25, -0.2) is 4.39 Å². The highest BCUT2D eigenvalue weighted by Gasteiger charge is 2.12. The highest BCUT2D eigenvalue weighted by atomic mass is 127. The zero-order valence-electron chi connectivity index (χ0n) is 7.84. The topological polar surface area (TPSA) is 17.8 Å². The normalized spacial score (nSPS) is 10.7. The molecule has 0 aliphatic rings. The molecule has 15 heavy (non-hydrogen) atoms. The summed E-state index contributed by atoms with van der Waals surface area (Å²) in [5.74, 6) is -0.247. The lowest BCUT2D eigenvalue weighted by Gasteiger charge is -2.05. The lowest BCUT2D eigenvalue weighted by molar-refractivity contribution is 0.627. The van der Waals surface area contributed by atoms with Gasteiger partial charge >= 0.3 is 0 Å². The summed E-state index contributed by atoms with van der Waals surface area (Å²) in [7, 11) is 1.87. The molecule has 2 aromatic rings. The van der Waals surface area contributed by atoms with Gasteiger partial charge in [0.15, 0.2) is 0 Å². The van der Waals surface area contributed by atoms with E-state index in [-0.39, 0.29) is 5.82 Å². The molecule has 0 amide bonds. The second-order valence-corrected chi connectivity index (χ2v) is 5.11. The Kier molecular flexibility index (Phi) is 3.11. The van der Waals surface area contributed by atoms with Crippen LogP contribution in [0.5, 0.6) is 0 Å². The molecule has 0 saturated carbocycles. The fourth-order valence-corrected chi connectivity index (χ4v) is 2.70. The first-order chi connectivity index (χ1) is 7.09. The second-order valence-electron chi connectivity index (χ2n) is 3.09. The number of nitrogens with zero attached hydrogens (tertiary/aromatic N) is 2. The van der Waals surface area contributed by atoms with Gasteiger partial charge in [0.05, 0.1) is 15.5 Å². The highest BCUT2D eigenvalue weighted by Crippen LogP contribution is 2.31.